The Morgan fingerprint density at radius 3 is 2.53 bits per heavy atom. The summed E-state index contributed by atoms with van der Waals surface area (Å²) in [5.41, 5.74) is 0.540. The van der Waals surface area contributed by atoms with E-state index in [0.717, 1.165) is 11.7 Å². The van der Waals surface area contributed by atoms with Crippen LogP contribution in [0.2, 0.25) is 0 Å². The molecular weight excluding hydrogens is 204 g/mol. The van der Waals surface area contributed by atoms with E-state index >= 15 is 0 Å². The van der Waals surface area contributed by atoms with Crippen molar-refractivity contribution in [1.29, 1.82) is 0 Å². The summed E-state index contributed by atoms with van der Waals surface area (Å²) in [5.74, 6) is 0. The molecule has 2 aliphatic rings. The zero-order chi connectivity index (χ0) is 10.7. The van der Waals surface area contributed by atoms with Crippen LogP contribution in [0.15, 0.2) is 0 Å². The first-order valence-electron chi connectivity index (χ1n) is 6.22. The maximum absolute atomic E-state index is 5.31. The second-order valence-corrected chi connectivity index (χ2v) is 5.88. The fourth-order valence-electron chi connectivity index (χ4n) is 2.17. The first-order chi connectivity index (χ1) is 7.18. The monoisotopic (exact) mass is 226 g/mol. The van der Waals surface area contributed by atoms with Gasteiger partial charge in [0.2, 0.25) is 0 Å². The predicted octanol–water partition coefficient (Wildman–Crippen LogP) is 2.58. The largest absolute Gasteiger partial charge is 0.362 e. The molecule has 2 fully saturated rings. The average molecular weight is 226 g/mol. The Hall–Kier alpha value is -0.310. The van der Waals surface area contributed by atoms with Gasteiger partial charge in [0.1, 0.15) is 0 Å². The molecule has 2 saturated carbocycles. The van der Waals surface area contributed by atoms with Crippen LogP contribution >= 0.6 is 12.2 Å². The molecule has 0 saturated heterocycles. The maximum atomic E-state index is 5.31. The lowest BCUT2D eigenvalue weighted by atomic mass is 9.96. The molecule has 2 rings (SSSR count). The Kier molecular flexibility index (Phi) is 3.49. The third-order valence-corrected chi connectivity index (χ3v) is 3.98. The fourth-order valence-corrected chi connectivity index (χ4v) is 2.41. The highest BCUT2D eigenvalue weighted by Crippen LogP contribution is 2.43. The van der Waals surface area contributed by atoms with Crippen molar-refractivity contribution in [2.75, 3.05) is 6.54 Å². The van der Waals surface area contributed by atoms with Crippen LogP contribution in [0.5, 0.6) is 0 Å². The normalized spacial score (nSPS) is 24.6. The molecule has 0 bridgehead atoms. The zero-order valence-electron chi connectivity index (χ0n) is 9.64. The van der Waals surface area contributed by atoms with Gasteiger partial charge in [-0.15, -0.1) is 0 Å². The van der Waals surface area contributed by atoms with Gasteiger partial charge in [-0.25, -0.2) is 0 Å². The zero-order valence-corrected chi connectivity index (χ0v) is 10.5. The van der Waals surface area contributed by atoms with Crippen molar-refractivity contribution in [2.24, 2.45) is 5.41 Å². The van der Waals surface area contributed by atoms with Gasteiger partial charge >= 0.3 is 0 Å². The number of hydrogen-bond acceptors (Lipinski definition) is 1. The molecular formula is C12H22N2S. The Bertz CT molecular complexity index is 230. The van der Waals surface area contributed by atoms with Gasteiger partial charge in [0.15, 0.2) is 5.11 Å². The van der Waals surface area contributed by atoms with Crippen LogP contribution < -0.4 is 10.6 Å². The summed E-state index contributed by atoms with van der Waals surface area (Å²) >= 11 is 5.31. The molecule has 3 heteroatoms. The van der Waals surface area contributed by atoms with E-state index in [1.165, 1.54) is 44.9 Å². The van der Waals surface area contributed by atoms with Crippen molar-refractivity contribution >= 4 is 17.3 Å². The van der Waals surface area contributed by atoms with Crippen LogP contribution in [-0.2, 0) is 0 Å². The van der Waals surface area contributed by atoms with E-state index in [4.69, 9.17) is 12.2 Å². The summed E-state index contributed by atoms with van der Waals surface area (Å²) in [6.45, 7) is 3.37. The van der Waals surface area contributed by atoms with Crippen LogP contribution in [0.4, 0.5) is 0 Å². The first-order valence-corrected chi connectivity index (χ1v) is 6.63. The molecule has 0 aromatic rings. The van der Waals surface area contributed by atoms with Crippen LogP contribution in [0.1, 0.15) is 51.9 Å². The third-order valence-electron chi connectivity index (χ3n) is 3.72. The topological polar surface area (TPSA) is 24.1 Å². The molecule has 0 heterocycles. The molecule has 0 spiro atoms. The molecule has 15 heavy (non-hydrogen) atoms. The lowest BCUT2D eigenvalue weighted by Crippen LogP contribution is -2.44. The summed E-state index contributed by atoms with van der Waals surface area (Å²) < 4.78 is 0. The molecule has 0 atom stereocenters. The summed E-state index contributed by atoms with van der Waals surface area (Å²) in [6.07, 6.45) is 9.41. The van der Waals surface area contributed by atoms with Gasteiger partial charge < -0.3 is 10.6 Å². The smallest absolute Gasteiger partial charge is 0.166 e. The van der Waals surface area contributed by atoms with Crippen LogP contribution in [-0.4, -0.2) is 17.7 Å². The highest BCUT2D eigenvalue weighted by atomic mass is 32.1. The standard InChI is InChI=1S/C12H22N2S/c1-12(7-8-12)9-13-11(15)14-10-5-3-2-4-6-10/h10H,2-9H2,1H3,(H2,13,14,15). The average Bonchev–Trinajstić information content (AvgIpc) is 2.96. The lowest BCUT2D eigenvalue weighted by molar-refractivity contribution is 0.410. The van der Waals surface area contributed by atoms with E-state index < -0.39 is 0 Å². The third kappa shape index (κ3) is 3.63. The van der Waals surface area contributed by atoms with Gasteiger partial charge in [-0.05, 0) is 43.3 Å². The minimum atomic E-state index is 0.540. The van der Waals surface area contributed by atoms with Crippen molar-refractivity contribution in [1.82, 2.24) is 10.6 Å². The summed E-state index contributed by atoms with van der Waals surface area (Å²) in [4.78, 5) is 0. The van der Waals surface area contributed by atoms with Gasteiger partial charge in [0, 0.05) is 12.6 Å². The Morgan fingerprint density at radius 2 is 1.93 bits per heavy atom. The Morgan fingerprint density at radius 1 is 1.27 bits per heavy atom. The van der Waals surface area contributed by atoms with Gasteiger partial charge in [0.25, 0.3) is 0 Å². The number of nitrogens with one attached hydrogen (secondary N) is 2. The van der Waals surface area contributed by atoms with Gasteiger partial charge in [-0.1, -0.05) is 26.2 Å². The second kappa shape index (κ2) is 4.69. The van der Waals surface area contributed by atoms with Crippen molar-refractivity contribution < 1.29 is 0 Å². The maximum Gasteiger partial charge on any atom is 0.166 e. The molecule has 2 aliphatic carbocycles. The Balaban J connectivity index is 1.62. The minimum absolute atomic E-state index is 0.540. The molecule has 0 unspecified atom stereocenters. The van der Waals surface area contributed by atoms with Crippen molar-refractivity contribution in [3.8, 4) is 0 Å². The highest BCUT2D eigenvalue weighted by molar-refractivity contribution is 7.80. The molecule has 0 aliphatic heterocycles. The Labute approximate surface area is 98.2 Å². The van der Waals surface area contributed by atoms with Gasteiger partial charge in [-0.2, -0.15) is 0 Å². The number of thiocarbonyl (C=S) groups is 1. The number of rotatable bonds is 3. The van der Waals surface area contributed by atoms with E-state index in [2.05, 4.69) is 17.6 Å². The van der Waals surface area contributed by atoms with E-state index in [1.807, 2.05) is 0 Å². The van der Waals surface area contributed by atoms with Crippen molar-refractivity contribution in [3.63, 3.8) is 0 Å². The molecule has 2 nitrogen and oxygen atoms in total. The summed E-state index contributed by atoms with van der Waals surface area (Å²) in [6, 6.07) is 0.630. The minimum Gasteiger partial charge on any atom is -0.362 e. The molecule has 2 N–H and O–H groups in total. The predicted molar refractivity (Wildman–Crippen MR) is 68.0 cm³/mol. The van der Waals surface area contributed by atoms with Crippen molar-refractivity contribution in [2.45, 2.75) is 57.9 Å². The lowest BCUT2D eigenvalue weighted by Gasteiger charge is -2.25. The summed E-state index contributed by atoms with van der Waals surface area (Å²) in [5, 5.41) is 7.66. The van der Waals surface area contributed by atoms with E-state index in [1.54, 1.807) is 0 Å². The molecule has 86 valence electrons. The van der Waals surface area contributed by atoms with E-state index in [0.29, 0.717) is 11.5 Å². The van der Waals surface area contributed by atoms with Crippen LogP contribution in [0.25, 0.3) is 0 Å². The molecule has 0 amide bonds. The number of hydrogen-bond donors (Lipinski definition) is 2. The van der Waals surface area contributed by atoms with Gasteiger partial charge in [-0.3, -0.25) is 0 Å². The van der Waals surface area contributed by atoms with Crippen molar-refractivity contribution in [3.05, 3.63) is 0 Å². The molecule has 0 aromatic heterocycles. The fraction of sp³-hybridized carbons (Fsp3) is 0.917. The highest BCUT2D eigenvalue weighted by Gasteiger charge is 2.36. The van der Waals surface area contributed by atoms with Gasteiger partial charge in [0.05, 0.1) is 0 Å². The second-order valence-electron chi connectivity index (χ2n) is 5.47. The summed E-state index contributed by atoms with van der Waals surface area (Å²) in [7, 11) is 0. The SMILES string of the molecule is CC1(CNC(=S)NC2CCCCC2)CC1. The molecule has 0 radical (unpaired) electrons. The molecule has 0 aromatic carbocycles. The van der Waals surface area contributed by atoms with E-state index in [-0.39, 0.29) is 0 Å². The van der Waals surface area contributed by atoms with E-state index in [9.17, 15) is 0 Å². The first kappa shape index (κ1) is 11.2. The quantitative estimate of drug-likeness (QED) is 0.723. The van der Waals surface area contributed by atoms with Crippen LogP contribution in [0.3, 0.4) is 0 Å². The van der Waals surface area contributed by atoms with Crippen LogP contribution in [0, 0.1) is 5.41 Å².